The molecular weight excluding hydrogens is 254 g/mol. The number of thiazole rings is 1. The number of hydrogen-bond donors (Lipinski definition) is 1. The smallest absolute Gasteiger partial charge is 0.0801 e. The van der Waals surface area contributed by atoms with E-state index in [0.29, 0.717) is 6.54 Å². The predicted octanol–water partition coefficient (Wildman–Crippen LogP) is 4.13. The number of nitrogens with zero attached hydrogens (tertiary/aromatic N) is 2. The van der Waals surface area contributed by atoms with E-state index in [1.54, 1.807) is 17.4 Å². The molecule has 4 heteroatoms. The summed E-state index contributed by atoms with van der Waals surface area (Å²) in [5.74, 6) is 0. The summed E-state index contributed by atoms with van der Waals surface area (Å²) >= 11 is 1.67. The summed E-state index contributed by atoms with van der Waals surface area (Å²) in [6.45, 7) is 8.06. The molecule has 0 aliphatic rings. The lowest BCUT2D eigenvalue weighted by molar-refractivity contribution is 1.07. The molecular formula is C15H21N3S. The second-order valence-electron chi connectivity index (χ2n) is 3.39. The van der Waals surface area contributed by atoms with Crippen molar-refractivity contribution in [3.8, 4) is 16.5 Å². The van der Waals surface area contributed by atoms with Crippen LogP contribution in [0.1, 0.15) is 32.0 Å². The highest BCUT2D eigenvalue weighted by Crippen LogP contribution is 2.26. The topological polar surface area (TPSA) is 62.7 Å². The van der Waals surface area contributed by atoms with Crippen molar-refractivity contribution < 1.29 is 0 Å². The van der Waals surface area contributed by atoms with Crippen molar-refractivity contribution in [2.45, 2.75) is 34.2 Å². The third-order valence-electron chi connectivity index (χ3n) is 2.20. The van der Waals surface area contributed by atoms with Crippen LogP contribution in [0.5, 0.6) is 0 Å². The molecule has 2 N–H and O–H groups in total. The average Bonchev–Trinajstić information content (AvgIpc) is 2.88. The standard InChI is InChI=1S/C11H12N2S.C2H3N.C2H6/c1-8-11(14-7-13-8)10-4-2-9(6-12)3-5-10;1-2-3;1-2/h2-5,7H,6,12H2,1H3;1H3;1-2H3. The Hall–Kier alpha value is -1.70. The van der Waals surface area contributed by atoms with Gasteiger partial charge in [-0.1, -0.05) is 38.1 Å². The highest BCUT2D eigenvalue weighted by molar-refractivity contribution is 7.13. The van der Waals surface area contributed by atoms with Crippen LogP contribution < -0.4 is 5.73 Å². The first kappa shape index (κ1) is 17.3. The van der Waals surface area contributed by atoms with Gasteiger partial charge in [0.25, 0.3) is 0 Å². The second-order valence-corrected chi connectivity index (χ2v) is 4.25. The van der Waals surface area contributed by atoms with Crippen molar-refractivity contribution in [3.63, 3.8) is 0 Å². The van der Waals surface area contributed by atoms with E-state index in [0.717, 1.165) is 11.3 Å². The van der Waals surface area contributed by atoms with Crippen LogP contribution in [0.25, 0.3) is 10.4 Å². The Morgan fingerprint density at radius 2 is 1.79 bits per heavy atom. The molecule has 0 spiro atoms. The molecule has 102 valence electrons. The van der Waals surface area contributed by atoms with Crippen LogP contribution in [0.4, 0.5) is 0 Å². The van der Waals surface area contributed by atoms with Crippen molar-refractivity contribution in [1.82, 2.24) is 4.98 Å². The van der Waals surface area contributed by atoms with E-state index in [1.165, 1.54) is 17.4 Å². The number of rotatable bonds is 2. The molecule has 2 rings (SSSR count). The maximum atomic E-state index is 7.32. The van der Waals surface area contributed by atoms with Crippen molar-refractivity contribution in [3.05, 3.63) is 41.0 Å². The van der Waals surface area contributed by atoms with Crippen LogP contribution >= 0.6 is 11.3 Å². The Morgan fingerprint density at radius 1 is 1.26 bits per heavy atom. The van der Waals surface area contributed by atoms with Gasteiger partial charge >= 0.3 is 0 Å². The summed E-state index contributed by atoms with van der Waals surface area (Å²) in [5, 5.41) is 7.32. The maximum absolute atomic E-state index is 7.32. The Labute approximate surface area is 119 Å². The minimum Gasteiger partial charge on any atom is -0.326 e. The normalized spacial score (nSPS) is 8.42. The SMILES string of the molecule is CC.CC#N.Cc1ncsc1-c1ccc(CN)cc1. The van der Waals surface area contributed by atoms with Gasteiger partial charge < -0.3 is 5.73 Å². The van der Waals surface area contributed by atoms with Gasteiger partial charge in [-0.15, -0.1) is 11.3 Å². The first-order valence-electron chi connectivity index (χ1n) is 6.23. The molecule has 0 aliphatic carbocycles. The minimum absolute atomic E-state index is 0.599. The first-order chi connectivity index (χ1) is 9.22. The zero-order valence-electron chi connectivity index (χ0n) is 12.0. The summed E-state index contributed by atoms with van der Waals surface area (Å²) < 4.78 is 0. The number of nitrogens with two attached hydrogens (primary N) is 1. The van der Waals surface area contributed by atoms with Gasteiger partial charge in [-0.05, 0) is 18.1 Å². The summed E-state index contributed by atoms with van der Waals surface area (Å²) in [5.41, 5.74) is 10.9. The Morgan fingerprint density at radius 3 is 2.16 bits per heavy atom. The fraction of sp³-hybridized carbons (Fsp3) is 0.333. The summed E-state index contributed by atoms with van der Waals surface area (Å²) in [6, 6.07) is 10.1. The zero-order valence-corrected chi connectivity index (χ0v) is 12.8. The molecule has 0 atom stereocenters. The van der Waals surface area contributed by atoms with Crippen molar-refractivity contribution in [1.29, 1.82) is 5.26 Å². The van der Waals surface area contributed by atoms with Crippen LogP contribution in [0.15, 0.2) is 29.8 Å². The summed E-state index contributed by atoms with van der Waals surface area (Å²) in [6.07, 6.45) is 0. The van der Waals surface area contributed by atoms with Gasteiger partial charge in [0.15, 0.2) is 0 Å². The molecule has 1 heterocycles. The third-order valence-corrected chi connectivity index (χ3v) is 3.17. The monoisotopic (exact) mass is 275 g/mol. The van der Waals surface area contributed by atoms with Crippen LogP contribution in [-0.2, 0) is 6.54 Å². The minimum atomic E-state index is 0.599. The maximum Gasteiger partial charge on any atom is 0.0801 e. The molecule has 0 saturated heterocycles. The largest absolute Gasteiger partial charge is 0.326 e. The summed E-state index contributed by atoms with van der Waals surface area (Å²) in [7, 11) is 0. The lowest BCUT2D eigenvalue weighted by Crippen LogP contribution is -1.95. The average molecular weight is 275 g/mol. The Balaban J connectivity index is 0.000000573. The van der Waals surface area contributed by atoms with Crippen LogP contribution in [0.3, 0.4) is 0 Å². The van der Waals surface area contributed by atoms with Gasteiger partial charge in [0, 0.05) is 13.5 Å². The first-order valence-corrected chi connectivity index (χ1v) is 7.11. The van der Waals surface area contributed by atoms with Gasteiger partial charge in [-0.25, -0.2) is 4.98 Å². The van der Waals surface area contributed by atoms with Gasteiger partial charge in [0.1, 0.15) is 0 Å². The van der Waals surface area contributed by atoms with Crippen molar-refractivity contribution >= 4 is 11.3 Å². The lowest BCUT2D eigenvalue weighted by Gasteiger charge is -2.00. The quantitative estimate of drug-likeness (QED) is 0.896. The molecule has 0 aliphatic heterocycles. The van der Waals surface area contributed by atoms with Gasteiger partial charge in [-0.3, -0.25) is 0 Å². The van der Waals surface area contributed by atoms with Gasteiger partial charge in [0.05, 0.1) is 22.2 Å². The van der Waals surface area contributed by atoms with E-state index in [9.17, 15) is 0 Å². The molecule has 0 fully saturated rings. The van der Waals surface area contributed by atoms with Crippen LogP contribution in [0.2, 0.25) is 0 Å². The third kappa shape index (κ3) is 5.64. The predicted molar refractivity (Wildman–Crippen MR) is 82.8 cm³/mol. The van der Waals surface area contributed by atoms with Gasteiger partial charge in [-0.2, -0.15) is 5.26 Å². The van der Waals surface area contributed by atoms with E-state index in [4.69, 9.17) is 11.0 Å². The van der Waals surface area contributed by atoms with E-state index in [2.05, 4.69) is 29.2 Å². The number of nitriles is 1. The van der Waals surface area contributed by atoms with E-state index < -0.39 is 0 Å². The molecule has 0 bridgehead atoms. The molecule has 19 heavy (non-hydrogen) atoms. The van der Waals surface area contributed by atoms with E-state index >= 15 is 0 Å². The van der Waals surface area contributed by atoms with E-state index in [1.807, 2.05) is 26.3 Å². The summed E-state index contributed by atoms with van der Waals surface area (Å²) in [4.78, 5) is 5.47. The fourth-order valence-electron chi connectivity index (χ4n) is 1.37. The van der Waals surface area contributed by atoms with Gasteiger partial charge in [0.2, 0.25) is 0 Å². The molecule has 3 nitrogen and oxygen atoms in total. The highest BCUT2D eigenvalue weighted by atomic mass is 32.1. The zero-order chi connectivity index (χ0) is 14.7. The Kier molecular flexibility index (Phi) is 9.33. The highest BCUT2D eigenvalue weighted by Gasteiger charge is 2.03. The number of hydrogen-bond acceptors (Lipinski definition) is 4. The van der Waals surface area contributed by atoms with Crippen molar-refractivity contribution in [2.24, 2.45) is 5.73 Å². The molecule has 0 amide bonds. The molecule has 1 aromatic heterocycles. The lowest BCUT2D eigenvalue weighted by atomic mass is 10.1. The van der Waals surface area contributed by atoms with Crippen molar-refractivity contribution in [2.75, 3.05) is 0 Å². The second kappa shape index (κ2) is 10.2. The molecule has 0 unspecified atom stereocenters. The van der Waals surface area contributed by atoms with E-state index in [-0.39, 0.29) is 0 Å². The number of aryl methyl sites for hydroxylation is 1. The van der Waals surface area contributed by atoms with Crippen LogP contribution in [0, 0.1) is 18.3 Å². The number of aromatic nitrogens is 1. The molecule has 2 aromatic rings. The molecule has 0 saturated carbocycles. The number of benzene rings is 1. The molecule has 0 radical (unpaired) electrons. The van der Waals surface area contributed by atoms with Crippen LogP contribution in [-0.4, -0.2) is 4.98 Å². The molecule has 1 aromatic carbocycles. The Bertz CT molecular complexity index is 495. The fourth-order valence-corrected chi connectivity index (χ4v) is 2.18.